The Morgan fingerprint density at radius 1 is 1.23 bits per heavy atom. The molecule has 1 N–H and O–H groups in total. The fourth-order valence-corrected chi connectivity index (χ4v) is 5.96. The van der Waals surface area contributed by atoms with Gasteiger partial charge in [0.1, 0.15) is 11.6 Å². The van der Waals surface area contributed by atoms with Crippen molar-refractivity contribution in [1.82, 2.24) is 24.4 Å². The van der Waals surface area contributed by atoms with Crippen LogP contribution in [0.25, 0.3) is 0 Å². The second-order valence-electron chi connectivity index (χ2n) is 6.62. The van der Waals surface area contributed by atoms with E-state index in [9.17, 15) is 8.42 Å². The molecule has 0 aromatic carbocycles. The standard InChI is InChI=1S/C16H23N5O2S2.ClH/c22-25(23,11-5-14-2-1-10-24-14)20-7-3-13(4-8-20)16-19-18-15-12-17-6-9-21(15)16;/h1-2,10,13,17H,3-9,11-12H2;1H. The molecule has 0 spiro atoms. The molecule has 0 aliphatic carbocycles. The Bertz CT molecular complexity index is 814. The lowest BCUT2D eigenvalue weighted by Gasteiger charge is -2.31. The maximum absolute atomic E-state index is 12.6. The minimum atomic E-state index is -3.18. The van der Waals surface area contributed by atoms with Crippen molar-refractivity contribution >= 4 is 33.8 Å². The fourth-order valence-electron chi connectivity index (χ4n) is 3.62. The first kappa shape index (κ1) is 19.8. The summed E-state index contributed by atoms with van der Waals surface area (Å²) in [4.78, 5) is 1.13. The summed E-state index contributed by atoms with van der Waals surface area (Å²) in [5.41, 5.74) is 0. The molecule has 0 radical (unpaired) electrons. The molecule has 4 heterocycles. The molecular formula is C16H24ClN5O2S2. The Balaban J connectivity index is 0.00000196. The van der Waals surface area contributed by atoms with Crippen molar-refractivity contribution in [3.8, 4) is 0 Å². The minimum absolute atomic E-state index is 0. The molecule has 1 saturated heterocycles. The van der Waals surface area contributed by atoms with Gasteiger partial charge in [-0.25, -0.2) is 12.7 Å². The van der Waals surface area contributed by atoms with Crippen LogP contribution < -0.4 is 5.32 Å². The molecule has 10 heteroatoms. The van der Waals surface area contributed by atoms with Gasteiger partial charge in [0.15, 0.2) is 0 Å². The molecule has 0 saturated carbocycles. The van der Waals surface area contributed by atoms with Gasteiger partial charge in [-0.05, 0) is 30.7 Å². The monoisotopic (exact) mass is 417 g/mol. The number of sulfonamides is 1. The van der Waals surface area contributed by atoms with E-state index in [1.807, 2.05) is 17.5 Å². The predicted octanol–water partition coefficient (Wildman–Crippen LogP) is 1.62. The molecule has 0 amide bonds. The van der Waals surface area contributed by atoms with Crippen LogP contribution in [-0.4, -0.2) is 52.9 Å². The summed E-state index contributed by atoms with van der Waals surface area (Å²) in [6.45, 7) is 3.77. The van der Waals surface area contributed by atoms with Gasteiger partial charge in [-0.15, -0.1) is 33.9 Å². The first-order chi connectivity index (χ1) is 12.1. The fraction of sp³-hybridized carbons (Fsp3) is 0.625. The number of nitrogens with zero attached hydrogens (tertiary/aromatic N) is 4. The van der Waals surface area contributed by atoms with E-state index in [2.05, 4.69) is 20.1 Å². The molecule has 4 rings (SSSR count). The number of aromatic nitrogens is 3. The second kappa shape index (κ2) is 8.35. The third-order valence-electron chi connectivity index (χ3n) is 5.05. The third kappa shape index (κ3) is 4.12. The lowest BCUT2D eigenvalue weighted by molar-refractivity contribution is 0.307. The topological polar surface area (TPSA) is 80.1 Å². The Morgan fingerprint density at radius 3 is 2.77 bits per heavy atom. The lowest BCUT2D eigenvalue weighted by Crippen LogP contribution is -2.40. The van der Waals surface area contributed by atoms with Gasteiger partial charge in [0.2, 0.25) is 10.0 Å². The van der Waals surface area contributed by atoms with E-state index in [0.717, 1.165) is 49.0 Å². The van der Waals surface area contributed by atoms with Gasteiger partial charge in [-0.3, -0.25) is 0 Å². The van der Waals surface area contributed by atoms with Gasteiger partial charge in [0, 0.05) is 37.0 Å². The highest BCUT2D eigenvalue weighted by atomic mass is 35.5. The molecule has 144 valence electrons. The first-order valence-corrected chi connectivity index (χ1v) is 11.3. The summed E-state index contributed by atoms with van der Waals surface area (Å²) in [7, 11) is -3.18. The van der Waals surface area contributed by atoms with Gasteiger partial charge in [-0.2, -0.15) is 0 Å². The number of fused-ring (bicyclic) bond motifs is 1. The normalized spacial score (nSPS) is 19.1. The van der Waals surface area contributed by atoms with Crippen LogP contribution in [0.2, 0.25) is 0 Å². The maximum Gasteiger partial charge on any atom is 0.214 e. The molecule has 1 fully saturated rings. The zero-order valence-corrected chi connectivity index (χ0v) is 17.0. The molecule has 2 aliphatic rings. The van der Waals surface area contributed by atoms with Crippen LogP contribution in [0.3, 0.4) is 0 Å². The van der Waals surface area contributed by atoms with Gasteiger partial charge in [0.05, 0.1) is 12.3 Å². The average Bonchev–Trinajstić information content (AvgIpc) is 3.30. The summed E-state index contributed by atoms with van der Waals surface area (Å²) in [5.74, 6) is 2.53. The maximum atomic E-state index is 12.6. The van der Waals surface area contributed by atoms with Crippen molar-refractivity contribution < 1.29 is 8.42 Å². The Kier molecular flexibility index (Phi) is 6.34. The van der Waals surface area contributed by atoms with E-state index in [4.69, 9.17) is 0 Å². The molecule has 7 nitrogen and oxygen atoms in total. The van der Waals surface area contributed by atoms with E-state index in [1.165, 1.54) is 0 Å². The number of halogens is 1. The summed E-state index contributed by atoms with van der Waals surface area (Å²) in [6.07, 6.45) is 2.25. The molecule has 2 aromatic rings. The molecule has 0 bridgehead atoms. The van der Waals surface area contributed by atoms with E-state index >= 15 is 0 Å². The predicted molar refractivity (Wildman–Crippen MR) is 104 cm³/mol. The first-order valence-electron chi connectivity index (χ1n) is 8.76. The second-order valence-corrected chi connectivity index (χ2v) is 9.74. The zero-order chi connectivity index (χ0) is 17.3. The Hall–Kier alpha value is -1.00. The zero-order valence-electron chi connectivity index (χ0n) is 14.5. The van der Waals surface area contributed by atoms with Crippen LogP contribution in [0.1, 0.15) is 35.3 Å². The van der Waals surface area contributed by atoms with Crippen LogP contribution in [-0.2, 0) is 29.5 Å². The number of hydrogen-bond acceptors (Lipinski definition) is 6. The van der Waals surface area contributed by atoms with Crippen LogP contribution in [0.15, 0.2) is 17.5 Å². The summed E-state index contributed by atoms with van der Waals surface area (Å²) >= 11 is 1.62. The Morgan fingerprint density at radius 2 is 2.04 bits per heavy atom. The largest absolute Gasteiger partial charge is 0.312 e. The highest BCUT2D eigenvalue weighted by molar-refractivity contribution is 7.89. The molecule has 2 aliphatic heterocycles. The molecule has 26 heavy (non-hydrogen) atoms. The number of thiophene rings is 1. The molecule has 0 unspecified atom stereocenters. The minimum Gasteiger partial charge on any atom is -0.312 e. The third-order valence-corrected chi connectivity index (χ3v) is 7.86. The van der Waals surface area contributed by atoms with Gasteiger partial charge in [0.25, 0.3) is 0 Å². The van der Waals surface area contributed by atoms with E-state index in [0.29, 0.717) is 25.4 Å². The number of aryl methyl sites for hydroxylation is 1. The van der Waals surface area contributed by atoms with E-state index in [-0.39, 0.29) is 18.2 Å². The molecular weight excluding hydrogens is 394 g/mol. The van der Waals surface area contributed by atoms with Crippen LogP contribution in [0.4, 0.5) is 0 Å². The highest BCUT2D eigenvalue weighted by Gasteiger charge is 2.31. The van der Waals surface area contributed by atoms with Crippen molar-refractivity contribution in [1.29, 1.82) is 0 Å². The van der Waals surface area contributed by atoms with Crippen LogP contribution in [0.5, 0.6) is 0 Å². The highest BCUT2D eigenvalue weighted by Crippen LogP contribution is 2.29. The lowest BCUT2D eigenvalue weighted by atomic mass is 9.97. The number of nitrogens with one attached hydrogen (secondary N) is 1. The van der Waals surface area contributed by atoms with Crippen LogP contribution in [0, 0.1) is 0 Å². The van der Waals surface area contributed by atoms with Gasteiger partial charge >= 0.3 is 0 Å². The summed E-state index contributed by atoms with van der Waals surface area (Å²) in [6, 6.07) is 3.96. The van der Waals surface area contributed by atoms with Crippen molar-refractivity contribution in [3.05, 3.63) is 34.0 Å². The Labute approximate surface area is 164 Å². The van der Waals surface area contributed by atoms with Crippen molar-refractivity contribution in [2.45, 2.75) is 38.3 Å². The SMILES string of the molecule is Cl.O=S(=O)(CCc1cccs1)N1CCC(c2nnc3n2CCNC3)CC1. The van der Waals surface area contributed by atoms with Crippen molar-refractivity contribution in [3.63, 3.8) is 0 Å². The summed E-state index contributed by atoms with van der Waals surface area (Å²) < 4.78 is 29.1. The smallest absolute Gasteiger partial charge is 0.214 e. The van der Waals surface area contributed by atoms with Gasteiger partial charge in [-0.1, -0.05) is 6.07 Å². The van der Waals surface area contributed by atoms with Crippen LogP contribution >= 0.6 is 23.7 Å². The average molecular weight is 418 g/mol. The van der Waals surface area contributed by atoms with Crippen molar-refractivity contribution in [2.24, 2.45) is 0 Å². The quantitative estimate of drug-likeness (QED) is 0.799. The molecule has 2 aromatic heterocycles. The molecule has 0 atom stereocenters. The number of piperidine rings is 1. The summed E-state index contributed by atoms with van der Waals surface area (Å²) in [5, 5.41) is 14.0. The van der Waals surface area contributed by atoms with Crippen molar-refractivity contribution in [2.75, 3.05) is 25.4 Å². The van der Waals surface area contributed by atoms with E-state index in [1.54, 1.807) is 15.6 Å². The number of hydrogen-bond donors (Lipinski definition) is 1. The van der Waals surface area contributed by atoms with Gasteiger partial charge < -0.3 is 9.88 Å². The number of rotatable bonds is 5. The van der Waals surface area contributed by atoms with E-state index < -0.39 is 10.0 Å².